The molecule has 1 aromatic rings. The molecule has 0 aromatic carbocycles. The third-order valence-electron chi connectivity index (χ3n) is 2.26. The second kappa shape index (κ2) is 4.93. The maximum Gasteiger partial charge on any atom is 0.239 e. The molecule has 1 amide bonds. The van der Waals surface area contributed by atoms with E-state index in [2.05, 4.69) is 10.5 Å². The lowest BCUT2D eigenvalue weighted by molar-refractivity contribution is -0.132. The maximum atomic E-state index is 11.7. The largest absolute Gasteiger partial charge is 0.361 e. The Kier molecular flexibility index (Phi) is 3.85. The Morgan fingerprint density at radius 1 is 1.73 bits per heavy atom. The van der Waals surface area contributed by atoms with E-state index in [0.717, 1.165) is 11.5 Å². The number of amides is 1. The minimum Gasteiger partial charge on any atom is -0.361 e. The summed E-state index contributed by atoms with van der Waals surface area (Å²) in [4.78, 5) is 13.3. The molecule has 0 aliphatic heterocycles. The molecule has 0 spiro atoms. The SMILES string of the molecule is CNC(C)C(=O)N(C)Cc1cc(C)on1. The van der Waals surface area contributed by atoms with Gasteiger partial charge in [-0.2, -0.15) is 0 Å². The van der Waals surface area contributed by atoms with Crippen LogP contribution < -0.4 is 5.32 Å². The predicted octanol–water partition coefficient (Wildman–Crippen LogP) is 0.549. The lowest BCUT2D eigenvalue weighted by Gasteiger charge is -2.19. The second-order valence-electron chi connectivity index (χ2n) is 3.63. The maximum absolute atomic E-state index is 11.7. The molecule has 0 fully saturated rings. The fourth-order valence-electron chi connectivity index (χ4n) is 1.27. The highest BCUT2D eigenvalue weighted by atomic mass is 16.5. The zero-order valence-electron chi connectivity index (χ0n) is 9.57. The average molecular weight is 211 g/mol. The summed E-state index contributed by atoms with van der Waals surface area (Å²) < 4.78 is 4.93. The Hall–Kier alpha value is -1.36. The average Bonchev–Trinajstić information content (AvgIpc) is 2.61. The molecule has 1 rings (SSSR count). The third-order valence-corrected chi connectivity index (χ3v) is 2.26. The summed E-state index contributed by atoms with van der Waals surface area (Å²) in [6.45, 7) is 4.13. The number of aromatic nitrogens is 1. The molecule has 1 atom stereocenters. The van der Waals surface area contributed by atoms with Gasteiger partial charge in [-0.15, -0.1) is 0 Å². The Morgan fingerprint density at radius 3 is 2.87 bits per heavy atom. The van der Waals surface area contributed by atoms with Gasteiger partial charge in [0.05, 0.1) is 12.6 Å². The molecule has 0 bridgehead atoms. The highest BCUT2D eigenvalue weighted by Crippen LogP contribution is 2.05. The van der Waals surface area contributed by atoms with Gasteiger partial charge in [0.15, 0.2) is 0 Å². The molecule has 1 N–H and O–H groups in total. The van der Waals surface area contributed by atoms with Crippen LogP contribution in [0.25, 0.3) is 0 Å². The van der Waals surface area contributed by atoms with Gasteiger partial charge in [0.25, 0.3) is 0 Å². The number of carbonyl (C=O) groups is 1. The van der Waals surface area contributed by atoms with Crippen molar-refractivity contribution in [3.8, 4) is 0 Å². The van der Waals surface area contributed by atoms with E-state index in [0.29, 0.717) is 6.54 Å². The standard InChI is InChI=1S/C10H17N3O2/c1-7-5-9(12-15-7)6-13(4)10(14)8(2)11-3/h5,8,11H,6H2,1-4H3. The first-order valence-electron chi connectivity index (χ1n) is 4.89. The number of hydrogen-bond donors (Lipinski definition) is 1. The van der Waals surface area contributed by atoms with Crippen molar-refractivity contribution in [2.45, 2.75) is 26.4 Å². The molecule has 5 heteroatoms. The highest BCUT2D eigenvalue weighted by Gasteiger charge is 2.16. The summed E-state index contributed by atoms with van der Waals surface area (Å²) in [6, 6.07) is 1.65. The smallest absolute Gasteiger partial charge is 0.239 e. The van der Waals surface area contributed by atoms with Crippen molar-refractivity contribution in [2.75, 3.05) is 14.1 Å². The lowest BCUT2D eigenvalue weighted by Crippen LogP contribution is -2.41. The van der Waals surface area contributed by atoms with Crippen LogP contribution in [-0.4, -0.2) is 36.1 Å². The fourth-order valence-corrected chi connectivity index (χ4v) is 1.27. The van der Waals surface area contributed by atoms with Crippen molar-refractivity contribution in [3.05, 3.63) is 17.5 Å². The van der Waals surface area contributed by atoms with Gasteiger partial charge < -0.3 is 14.7 Å². The first kappa shape index (κ1) is 11.7. The van der Waals surface area contributed by atoms with E-state index >= 15 is 0 Å². The summed E-state index contributed by atoms with van der Waals surface area (Å²) >= 11 is 0. The quantitative estimate of drug-likeness (QED) is 0.790. The van der Waals surface area contributed by atoms with E-state index in [9.17, 15) is 4.79 Å². The number of nitrogens with one attached hydrogen (secondary N) is 1. The minimum absolute atomic E-state index is 0.0400. The van der Waals surface area contributed by atoms with Crippen molar-refractivity contribution >= 4 is 5.91 Å². The van der Waals surface area contributed by atoms with Crippen LogP contribution >= 0.6 is 0 Å². The summed E-state index contributed by atoms with van der Waals surface area (Å²) in [7, 11) is 3.51. The number of carbonyl (C=O) groups excluding carboxylic acids is 1. The van der Waals surface area contributed by atoms with Crippen LogP contribution in [-0.2, 0) is 11.3 Å². The van der Waals surface area contributed by atoms with Crippen LogP contribution in [0.3, 0.4) is 0 Å². The van der Waals surface area contributed by atoms with E-state index < -0.39 is 0 Å². The number of aryl methyl sites for hydroxylation is 1. The van der Waals surface area contributed by atoms with Crippen molar-refractivity contribution in [3.63, 3.8) is 0 Å². The van der Waals surface area contributed by atoms with Gasteiger partial charge in [-0.05, 0) is 20.9 Å². The van der Waals surface area contributed by atoms with Crippen LogP contribution in [0.2, 0.25) is 0 Å². The van der Waals surface area contributed by atoms with Gasteiger partial charge in [-0.3, -0.25) is 4.79 Å². The molecule has 1 unspecified atom stereocenters. The van der Waals surface area contributed by atoms with Gasteiger partial charge in [-0.1, -0.05) is 5.16 Å². The van der Waals surface area contributed by atoms with Gasteiger partial charge in [-0.25, -0.2) is 0 Å². The Bertz CT molecular complexity index is 335. The first-order chi connectivity index (χ1) is 7.04. The molecule has 0 aliphatic carbocycles. The van der Waals surface area contributed by atoms with Crippen molar-refractivity contribution in [2.24, 2.45) is 0 Å². The summed E-state index contributed by atoms with van der Waals surface area (Å²) in [5, 5.41) is 6.74. The van der Waals surface area contributed by atoms with Crippen molar-refractivity contribution in [1.82, 2.24) is 15.4 Å². The van der Waals surface area contributed by atoms with Crippen LogP contribution in [0.1, 0.15) is 18.4 Å². The van der Waals surface area contributed by atoms with E-state index in [1.165, 1.54) is 0 Å². The van der Waals surface area contributed by atoms with Crippen molar-refractivity contribution in [1.29, 1.82) is 0 Å². The fraction of sp³-hybridized carbons (Fsp3) is 0.600. The summed E-state index contributed by atoms with van der Waals surface area (Å²) in [6.07, 6.45) is 0. The number of likely N-dealkylation sites (N-methyl/N-ethyl adjacent to an activating group) is 2. The van der Waals surface area contributed by atoms with E-state index in [1.807, 2.05) is 19.9 Å². The Balaban J connectivity index is 2.55. The molecule has 15 heavy (non-hydrogen) atoms. The van der Waals surface area contributed by atoms with Crippen LogP contribution in [0.15, 0.2) is 10.6 Å². The second-order valence-corrected chi connectivity index (χ2v) is 3.63. The first-order valence-corrected chi connectivity index (χ1v) is 4.89. The van der Waals surface area contributed by atoms with Crippen LogP contribution in [0.4, 0.5) is 0 Å². The number of nitrogens with zero attached hydrogens (tertiary/aromatic N) is 2. The van der Waals surface area contributed by atoms with Crippen LogP contribution in [0.5, 0.6) is 0 Å². The lowest BCUT2D eigenvalue weighted by atomic mass is 10.3. The van der Waals surface area contributed by atoms with E-state index in [-0.39, 0.29) is 11.9 Å². The molecule has 0 saturated heterocycles. The van der Waals surface area contributed by atoms with Gasteiger partial charge in [0, 0.05) is 13.1 Å². The van der Waals surface area contributed by atoms with Crippen molar-refractivity contribution < 1.29 is 9.32 Å². The Labute approximate surface area is 89.4 Å². The van der Waals surface area contributed by atoms with E-state index in [4.69, 9.17) is 4.52 Å². The minimum atomic E-state index is -0.178. The van der Waals surface area contributed by atoms with Gasteiger partial charge in [0.2, 0.25) is 5.91 Å². The van der Waals surface area contributed by atoms with E-state index in [1.54, 1.807) is 19.0 Å². The zero-order chi connectivity index (χ0) is 11.4. The molecule has 5 nitrogen and oxygen atoms in total. The number of hydrogen-bond acceptors (Lipinski definition) is 4. The molecule has 1 aromatic heterocycles. The molecule has 84 valence electrons. The third kappa shape index (κ3) is 3.06. The molecular formula is C10H17N3O2. The monoisotopic (exact) mass is 211 g/mol. The van der Waals surface area contributed by atoms with Gasteiger partial charge in [0.1, 0.15) is 11.5 Å². The van der Waals surface area contributed by atoms with Gasteiger partial charge >= 0.3 is 0 Å². The molecule has 0 aliphatic rings. The number of rotatable bonds is 4. The van der Waals surface area contributed by atoms with Crippen LogP contribution in [0, 0.1) is 6.92 Å². The summed E-state index contributed by atoms with van der Waals surface area (Å²) in [5.74, 6) is 0.797. The Morgan fingerprint density at radius 2 is 2.40 bits per heavy atom. The highest BCUT2D eigenvalue weighted by molar-refractivity contribution is 5.81. The normalized spacial score (nSPS) is 12.5. The molecular weight excluding hydrogens is 194 g/mol. The predicted molar refractivity (Wildman–Crippen MR) is 56.2 cm³/mol. The molecule has 0 radical (unpaired) electrons. The topological polar surface area (TPSA) is 58.4 Å². The summed E-state index contributed by atoms with van der Waals surface area (Å²) in [5.41, 5.74) is 0.770. The molecule has 0 saturated carbocycles. The zero-order valence-corrected chi connectivity index (χ0v) is 9.57. The molecule has 1 heterocycles.